The van der Waals surface area contributed by atoms with Gasteiger partial charge in [0.2, 0.25) is 0 Å². The zero-order valence-electron chi connectivity index (χ0n) is 9.76. The van der Waals surface area contributed by atoms with Gasteiger partial charge in [0.25, 0.3) is 0 Å². The van der Waals surface area contributed by atoms with Gasteiger partial charge < -0.3 is 4.79 Å². The lowest BCUT2D eigenvalue weighted by Gasteiger charge is -2.26. The Morgan fingerprint density at radius 3 is 2.15 bits per heavy atom. The van der Waals surface area contributed by atoms with Crippen LogP contribution in [0.5, 0.6) is 0 Å². The number of hydrogen-bond acceptors (Lipinski definition) is 1. The summed E-state index contributed by atoms with van der Waals surface area (Å²) in [6.07, 6.45) is 4.43. The van der Waals surface area contributed by atoms with Crippen molar-refractivity contribution in [2.45, 2.75) is 53.9 Å². The highest BCUT2D eigenvalue weighted by Gasteiger charge is 2.21. The van der Waals surface area contributed by atoms with Crippen LogP contribution in [0.3, 0.4) is 0 Å². The first-order valence-corrected chi connectivity index (χ1v) is 5.36. The van der Waals surface area contributed by atoms with Crippen LogP contribution < -0.4 is 0 Å². The lowest BCUT2D eigenvalue weighted by molar-refractivity contribution is -0.112. The van der Waals surface area contributed by atoms with Crippen LogP contribution in [0.15, 0.2) is 0 Å². The topological polar surface area (TPSA) is 17.1 Å². The standard InChI is InChI=1S/C12H24O/c1-6-7-11(9-13)10(2)8-12(3,4)5/h9-11H,6-8H2,1-5H3. The van der Waals surface area contributed by atoms with Crippen LogP contribution in [0.4, 0.5) is 0 Å². The van der Waals surface area contributed by atoms with Crippen LogP contribution in [0.2, 0.25) is 0 Å². The number of carbonyl (C=O) groups is 1. The van der Waals surface area contributed by atoms with Gasteiger partial charge in [-0.2, -0.15) is 0 Å². The van der Waals surface area contributed by atoms with Crippen LogP contribution in [-0.4, -0.2) is 6.29 Å². The molecule has 0 rings (SSSR count). The molecule has 0 aliphatic heterocycles. The van der Waals surface area contributed by atoms with Crippen LogP contribution in [0.25, 0.3) is 0 Å². The molecule has 0 saturated heterocycles. The smallest absolute Gasteiger partial charge is 0.123 e. The summed E-state index contributed by atoms with van der Waals surface area (Å²) in [6, 6.07) is 0. The summed E-state index contributed by atoms with van der Waals surface area (Å²) in [5.74, 6) is 0.793. The van der Waals surface area contributed by atoms with Crippen molar-refractivity contribution in [2.75, 3.05) is 0 Å². The molecule has 2 unspecified atom stereocenters. The summed E-state index contributed by atoms with van der Waals surface area (Å²) in [5.41, 5.74) is 0.342. The average Bonchev–Trinajstić information content (AvgIpc) is 1.96. The zero-order chi connectivity index (χ0) is 10.5. The largest absolute Gasteiger partial charge is 0.303 e. The Morgan fingerprint density at radius 2 is 1.85 bits per heavy atom. The van der Waals surface area contributed by atoms with Gasteiger partial charge in [-0.15, -0.1) is 0 Å². The van der Waals surface area contributed by atoms with Gasteiger partial charge in [-0.3, -0.25) is 0 Å². The van der Waals surface area contributed by atoms with Crippen LogP contribution in [0.1, 0.15) is 53.9 Å². The van der Waals surface area contributed by atoms with E-state index in [9.17, 15) is 4.79 Å². The number of carbonyl (C=O) groups excluding carboxylic acids is 1. The second kappa shape index (κ2) is 5.41. The van der Waals surface area contributed by atoms with Gasteiger partial charge in [-0.1, -0.05) is 41.0 Å². The molecule has 0 spiro atoms. The second-order valence-electron chi connectivity index (χ2n) is 5.33. The first-order valence-electron chi connectivity index (χ1n) is 5.36. The van der Waals surface area contributed by atoms with E-state index in [1.807, 2.05) is 0 Å². The van der Waals surface area contributed by atoms with Crippen LogP contribution in [-0.2, 0) is 4.79 Å². The third-order valence-electron chi connectivity index (χ3n) is 2.46. The van der Waals surface area contributed by atoms with Gasteiger partial charge in [0.05, 0.1) is 0 Å². The van der Waals surface area contributed by atoms with Crippen molar-refractivity contribution in [1.29, 1.82) is 0 Å². The molecule has 0 N–H and O–H groups in total. The molecular formula is C12H24O. The first kappa shape index (κ1) is 12.7. The van der Waals surface area contributed by atoms with Gasteiger partial charge in [-0.05, 0) is 24.2 Å². The van der Waals surface area contributed by atoms with Gasteiger partial charge in [0.15, 0.2) is 0 Å². The maximum atomic E-state index is 10.8. The Morgan fingerprint density at radius 1 is 1.31 bits per heavy atom. The quantitative estimate of drug-likeness (QED) is 0.596. The number of aldehydes is 1. The highest BCUT2D eigenvalue weighted by molar-refractivity contribution is 5.53. The fraction of sp³-hybridized carbons (Fsp3) is 0.917. The van der Waals surface area contributed by atoms with Crippen LogP contribution in [0, 0.1) is 17.3 Å². The van der Waals surface area contributed by atoms with E-state index < -0.39 is 0 Å². The third-order valence-corrected chi connectivity index (χ3v) is 2.46. The van der Waals surface area contributed by atoms with Gasteiger partial charge in [0.1, 0.15) is 6.29 Å². The summed E-state index contributed by atoms with van der Waals surface area (Å²) in [4.78, 5) is 10.8. The number of hydrogen-bond donors (Lipinski definition) is 0. The van der Waals surface area contributed by atoms with E-state index in [1.165, 1.54) is 0 Å². The molecule has 0 fully saturated rings. The molecule has 0 aliphatic carbocycles. The molecule has 0 radical (unpaired) electrons. The third kappa shape index (κ3) is 5.84. The van der Waals surface area contributed by atoms with Crippen LogP contribution >= 0.6 is 0 Å². The minimum atomic E-state index is 0.268. The van der Waals surface area contributed by atoms with Gasteiger partial charge in [-0.25, -0.2) is 0 Å². The second-order valence-corrected chi connectivity index (χ2v) is 5.33. The van der Waals surface area contributed by atoms with Gasteiger partial charge in [0, 0.05) is 5.92 Å². The average molecular weight is 184 g/mol. The molecular weight excluding hydrogens is 160 g/mol. The SMILES string of the molecule is CCCC(C=O)C(C)CC(C)(C)C. The Bertz CT molecular complexity index is 144. The van der Waals surface area contributed by atoms with E-state index in [1.54, 1.807) is 0 Å². The van der Waals surface area contributed by atoms with Crippen molar-refractivity contribution in [3.05, 3.63) is 0 Å². The molecule has 0 bridgehead atoms. The molecule has 1 heteroatoms. The fourth-order valence-corrected chi connectivity index (χ4v) is 1.94. The molecule has 0 saturated carbocycles. The van der Waals surface area contributed by atoms with Crippen molar-refractivity contribution in [2.24, 2.45) is 17.3 Å². The lowest BCUT2D eigenvalue weighted by Crippen LogP contribution is -2.19. The molecule has 0 heterocycles. The minimum absolute atomic E-state index is 0.268. The normalized spacial score (nSPS) is 16.7. The maximum absolute atomic E-state index is 10.8. The predicted octanol–water partition coefficient (Wildman–Crippen LogP) is 3.67. The van der Waals surface area contributed by atoms with E-state index in [4.69, 9.17) is 0 Å². The highest BCUT2D eigenvalue weighted by Crippen LogP contribution is 2.29. The monoisotopic (exact) mass is 184 g/mol. The van der Waals surface area contributed by atoms with E-state index >= 15 is 0 Å². The van der Waals surface area contributed by atoms with Crippen molar-refractivity contribution in [3.8, 4) is 0 Å². The molecule has 1 nitrogen and oxygen atoms in total. The molecule has 0 aromatic rings. The molecule has 0 aliphatic rings. The van der Waals surface area contributed by atoms with Crippen molar-refractivity contribution >= 4 is 6.29 Å². The van der Waals surface area contributed by atoms with Crippen molar-refractivity contribution in [1.82, 2.24) is 0 Å². The molecule has 0 aromatic carbocycles. The molecule has 13 heavy (non-hydrogen) atoms. The summed E-state index contributed by atoms with van der Waals surface area (Å²) in [5, 5.41) is 0. The Balaban J connectivity index is 4.05. The fourth-order valence-electron chi connectivity index (χ4n) is 1.94. The highest BCUT2D eigenvalue weighted by atomic mass is 16.1. The zero-order valence-corrected chi connectivity index (χ0v) is 9.76. The molecule has 2 atom stereocenters. The summed E-state index contributed by atoms with van der Waals surface area (Å²) >= 11 is 0. The molecule has 78 valence electrons. The van der Waals surface area contributed by atoms with E-state index in [-0.39, 0.29) is 5.92 Å². The van der Waals surface area contributed by atoms with E-state index in [2.05, 4.69) is 34.6 Å². The minimum Gasteiger partial charge on any atom is -0.303 e. The van der Waals surface area contributed by atoms with E-state index in [0.717, 1.165) is 25.5 Å². The maximum Gasteiger partial charge on any atom is 0.123 e. The first-order chi connectivity index (χ1) is 5.90. The Hall–Kier alpha value is -0.330. The molecule has 0 aromatic heterocycles. The molecule has 0 amide bonds. The number of rotatable bonds is 5. The summed E-state index contributed by atoms with van der Waals surface area (Å²) in [7, 11) is 0. The Kier molecular flexibility index (Phi) is 5.27. The van der Waals surface area contributed by atoms with Gasteiger partial charge >= 0.3 is 0 Å². The van der Waals surface area contributed by atoms with Crippen molar-refractivity contribution in [3.63, 3.8) is 0 Å². The van der Waals surface area contributed by atoms with E-state index in [0.29, 0.717) is 11.3 Å². The predicted molar refractivity (Wildman–Crippen MR) is 57.7 cm³/mol. The summed E-state index contributed by atoms with van der Waals surface area (Å²) < 4.78 is 0. The Labute approximate surface area is 82.9 Å². The lowest BCUT2D eigenvalue weighted by atomic mass is 9.79. The van der Waals surface area contributed by atoms with Crippen molar-refractivity contribution < 1.29 is 4.79 Å². The summed E-state index contributed by atoms with van der Waals surface area (Å²) in [6.45, 7) is 11.0.